The van der Waals surface area contributed by atoms with E-state index in [0.717, 1.165) is 30.7 Å². The highest BCUT2D eigenvalue weighted by molar-refractivity contribution is 5.77. The second-order valence-electron chi connectivity index (χ2n) is 8.00. The molecule has 1 aromatic rings. The van der Waals surface area contributed by atoms with Crippen molar-refractivity contribution < 1.29 is 19.1 Å². The summed E-state index contributed by atoms with van der Waals surface area (Å²) in [6.45, 7) is 7.79. The van der Waals surface area contributed by atoms with Gasteiger partial charge in [0.2, 0.25) is 5.91 Å². The predicted molar refractivity (Wildman–Crippen MR) is 113 cm³/mol. The minimum absolute atomic E-state index is 0.0170. The van der Waals surface area contributed by atoms with E-state index in [1.807, 2.05) is 29.2 Å². The van der Waals surface area contributed by atoms with Crippen molar-refractivity contribution in [2.24, 2.45) is 11.8 Å². The number of amides is 3. The Morgan fingerprint density at radius 1 is 1.17 bits per heavy atom. The molecule has 1 aromatic carbocycles. The molecule has 1 heterocycles. The van der Waals surface area contributed by atoms with Crippen LogP contribution in [0.15, 0.2) is 24.3 Å². The Morgan fingerprint density at radius 3 is 2.62 bits per heavy atom. The molecule has 2 N–H and O–H groups in total. The lowest BCUT2D eigenvalue weighted by molar-refractivity contribution is -0.122. The van der Waals surface area contributed by atoms with Gasteiger partial charge in [-0.3, -0.25) is 4.79 Å². The molecule has 7 heteroatoms. The summed E-state index contributed by atoms with van der Waals surface area (Å²) in [5.74, 6) is 1.46. The Kier molecular flexibility index (Phi) is 9.77. The standard InChI is InChI=1S/C22H35N3O4/c1-17(2)14-24-22(27)25-10-4-5-19(16-25)13-21(26)23-15-18-6-8-20(9-7-18)29-12-11-28-3/h6-9,17,19H,4-5,10-16H2,1-3H3,(H,23,26)(H,24,27)/t19-/m1/s1. The smallest absolute Gasteiger partial charge is 0.317 e. The van der Waals surface area contributed by atoms with Crippen LogP contribution in [0.4, 0.5) is 4.79 Å². The van der Waals surface area contributed by atoms with Crippen LogP contribution < -0.4 is 15.4 Å². The second-order valence-corrected chi connectivity index (χ2v) is 8.00. The fraction of sp³-hybridized carbons (Fsp3) is 0.636. The number of nitrogens with zero attached hydrogens (tertiary/aromatic N) is 1. The third-order valence-electron chi connectivity index (χ3n) is 4.91. The zero-order chi connectivity index (χ0) is 21.1. The summed E-state index contributed by atoms with van der Waals surface area (Å²) < 4.78 is 10.5. The van der Waals surface area contributed by atoms with Crippen LogP contribution in [0.2, 0.25) is 0 Å². The van der Waals surface area contributed by atoms with Gasteiger partial charge < -0.3 is 25.0 Å². The first-order valence-electron chi connectivity index (χ1n) is 10.5. The molecular formula is C22H35N3O4. The molecule has 29 heavy (non-hydrogen) atoms. The molecule has 3 amide bonds. The SMILES string of the molecule is COCCOc1ccc(CNC(=O)C[C@H]2CCCN(C(=O)NCC(C)C)C2)cc1. The summed E-state index contributed by atoms with van der Waals surface area (Å²) in [5.41, 5.74) is 1.02. The first kappa shape index (κ1) is 23.0. The van der Waals surface area contributed by atoms with Crippen molar-refractivity contribution in [2.45, 2.75) is 39.7 Å². The van der Waals surface area contributed by atoms with Gasteiger partial charge in [-0.15, -0.1) is 0 Å². The molecule has 0 radical (unpaired) electrons. The first-order valence-corrected chi connectivity index (χ1v) is 10.5. The Balaban J connectivity index is 1.71. The van der Waals surface area contributed by atoms with Gasteiger partial charge in [0.1, 0.15) is 12.4 Å². The maximum absolute atomic E-state index is 12.3. The zero-order valence-electron chi connectivity index (χ0n) is 17.9. The van der Waals surface area contributed by atoms with Gasteiger partial charge in [-0.25, -0.2) is 4.79 Å². The number of nitrogens with one attached hydrogen (secondary N) is 2. The number of benzene rings is 1. The lowest BCUT2D eigenvalue weighted by Crippen LogP contribution is -2.47. The highest BCUT2D eigenvalue weighted by atomic mass is 16.5. The Labute approximate surface area is 174 Å². The van der Waals surface area contributed by atoms with E-state index in [1.165, 1.54) is 0 Å². The summed E-state index contributed by atoms with van der Waals surface area (Å²) in [4.78, 5) is 26.4. The van der Waals surface area contributed by atoms with E-state index in [-0.39, 0.29) is 17.9 Å². The van der Waals surface area contributed by atoms with Gasteiger partial charge in [0.05, 0.1) is 6.61 Å². The van der Waals surface area contributed by atoms with Gasteiger partial charge in [-0.2, -0.15) is 0 Å². The van der Waals surface area contributed by atoms with Gasteiger partial charge in [-0.05, 0) is 42.4 Å². The number of carbonyl (C=O) groups excluding carboxylic acids is 2. The second kappa shape index (κ2) is 12.3. The van der Waals surface area contributed by atoms with Gasteiger partial charge in [0.25, 0.3) is 0 Å². The number of ether oxygens (including phenoxy) is 2. The Bertz CT molecular complexity index is 633. The topological polar surface area (TPSA) is 79.9 Å². The maximum Gasteiger partial charge on any atom is 0.317 e. The number of urea groups is 1. The van der Waals surface area contributed by atoms with Crippen LogP contribution in [0, 0.1) is 11.8 Å². The van der Waals surface area contributed by atoms with Crippen LogP contribution in [-0.4, -0.2) is 56.8 Å². The van der Waals surface area contributed by atoms with Gasteiger partial charge in [-0.1, -0.05) is 26.0 Å². The van der Waals surface area contributed by atoms with Crippen LogP contribution >= 0.6 is 0 Å². The van der Waals surface area contributed by atoms with E-state index in [4.69, 9.17) is 9.47 Å². The molecular weight excluding hydrogens is 370 g/mol. The number of carbonyl (C=O) groups is 2. The lowest BCUT2D eigenvalue weighted by Gasteiger charge is -2.32. The van der Waals surface area contributed by atoms with Crippen molar-refractivity contribution in [1.29, 1.82) is 0 Å². The van der Waals surface area contributed by atoms with E-state index >= 15 is 0 Å². The number of hydrogen-bond acceptors (Lipinski definition) is 4. The molecule has 0 aliphatic carbocycles. The van der Waals surface area contributed by atoms with E-state index < -0.39 is 0 Å². The molecule has 0 spiro atoms. The number of hydrogen-bond donors (Lipinski definition) is 2. The van der Waals surface area contributed by atoms with Crippen molar-refractivity contribution >= 4 is 11.9 Å². The Hall–Kier alpha value is -2.28. The van der Waals surface area contributed by atoms with Crippen molar-refractivity contribution in [2.75, 3.05) is 40.0 Å². The summed E-state index contributed by atoms with van der Waals surface area (Å²) in [7, 11) is 1.64. The van der Waals surface area contributed by atoms with E-state index in [2.05, 4.69) is 24.5 Å². The average Bonchev–Trinajstić information content (AvgIpc) is 2.72. The predicted octanol–water partition coefficient (Wildman–Crippen LogP) is 2.80. The highest BCUT2D eigenvalue weighted by Gasteiger charge is 2.25. The highest BCUT2D eigenvalue weighted by Crippen LogP contribution is 2.20. The Morgan fingerprint density at radius 2 is 1.93 bits per heavy atom. The third kappa shape index (κ3) is 8.73. The first-order chi connectivity index (χ1) is 14.0. The lowest BCUT2D eigenvalue weighted by atomic mass is 9.94. The normalized spacial score (nSPS) is 16.6. The van der Waals surface area contributed by atoms with Crippen LogP contribution in [0.3, 0.4) is 0 Å². The number of methoxy groups -OCH3 is 1. The summed E-state index contributed by atoms with van der Waals surface area (Å²) in [6.07, 6.45) is 2.37. The molecule has 1 aliphatic rings. The molecule has 2 rings (SSSR count). The van der Waals surface area contributed by atoms with E-state index in [9.17, 15) is 9.59 Å². The number of rotatable bonds is 10. The summed E-state index contributed by atoms with van der Waals surface area (Å²) in [5, 5.41) is 5.95. The fourth-order valence-corrected chi connectivity index (χ4v) is 3.30. The summed E-state index contributed by atoms with van der Waals surface area (Å²) >= 11 is 0. The maximum atomic E-state index is 12.3. The summed E-state index contributed by atoms with van der Waals surface area (Å²) in [6, 6.07) is 7.67. The molecule has 0 saturated carbocycles. The molecule has 0 unspecified atom stereocenters. The fourth-order valence-electron chi connectivity index (χ4n) is 3.30. The zero-order valence-corrected chi connectivity index (χ0v) is 17.9. The van der Waals surface area contributed by atoms with Crippen molar-refractivity contribution in [3.63, 3.8) is 0 Å². The third-order valence-corrected chi connectivity index (χ3v) is 4.91. The minimum atomic E-state index is -0.0170. The van der Waals surface area contributed by atoms with Crippen molar-refractivity contribution in [1.82, 2.24) is 15.5 Å². The quantitative estimate of drug-likeness (QED) is 0.587. The minimum Gasteiger partial charge on any atom is -0.491 e. The molecule has 1 atom stereocenters. The number of likely N-dealkylation sites (tertiary alicyclic amines) is 1. The molecule has 1 saturated heterocycles. The molecule has 1 fully saturated rings. The van der Waals surface area contributed by atoms with Crippen LogP contribution in [0.5, 0.6) is 5.75 Å². The van der Waals surface area contributed by atoms with Gasteiger partial charge in [0.15, 0.2) is 0 Å². The monoisotopic (exact) mass is 405 g/mol. The molecule has 7 nitrogen and oxygen atoms in total. The van der Waals surface area contributed by atoms with Gasteiger partial charge in [0, 0.05) is 39.7 Å². The van der Waals surface area contributed by atoms with E-state index in [1.54, 1.807) is 7.11 Å². The molecule has 0 aromatic heterocycles. The van der Waals surface area contributed by atoms with Crippen molar-refractivity contribution in [3.05, 3.63) is 29.8 Å². The van der Waals surface area contributed by atoms with Crippen LogP contribution in [0.25, 0.3) is 0 Å². The average molecular weight is 406 g/mol. The van der Waals surface area contributed by atoms with E-state index in [0.29, 0.717) is 45.2 Å². The van der Waals surface area contributed by atoms with Crippen LogP contribution in [0.1, 0.15) is 38.7 Å². The number of piperidine rings is 1. The molecule has 0 bridgehead atoms. The molecule has 1 aliphatic heterocycles. The largest absolute Gasteiger partial charge is 0.491 e. The molecule has 162 valence electrons. The van der Waals surface area contributed by atoms with Crippen LogP contribution in [-0.2, 0) is 16.1 Å². The van der Waals surface area contributed by atoms with Gasteiger partial charge >= 0.3 is 6.03 Å². The van der Waals surface area contributed by atoms with Crippen molar-refractivity contribution in [3.8, 4) is 5.75 Å².